The van der Waals surface area contributed by atoms with E-state index < -0.39 is 23.4 Å². The van der Waals surface area contributed by atoms with Gasteiger partial charge in [-0.25, -0.2) is 8.78 Å². The van der Waals surface area contributed by atoms with Crippen LogP contribution in [0.5, 0.6) is 0 Å². The third-order valence-corrected chi connectivity index (χ3v) is 2.74. The van der Waals surface area contributed by atoms with Gasteiger partial charge < -0.3 is 0 Å². The second-order valence-corrected chi connectivity index (χ2v) is 4.19. The van der Waals surface area contributed by atoms with Crippen molar-refractivity contribution in [1.82, 2.24) is 0 Å². The Hall–Kier alpha value is -1.91. The van der Waals surface area contributed by atoms with Crippen LogP contribution in [-0.2, 0) is 6.18 Å². The fraction of sp³-hybridized carbons (Fsp3) is 0.143. The Balaban J connectivity index is 2.58. The van der Waals surface area contributed by atoms with Crippen molar-refractivity contribution in [3.63, 3.8) is 0 Å². The van der Waals surface area contributed by atoms with Crippen molar-refractivity contribution in [2.45, 2.75) is 13.1 Å². The van der Waals surface area contributed by atoms with Gasteiger partial charge in [-0.05, 0) is 41.8 Å². The maximum atomic E-state index is 13.1. The van der Waals surface area contributed by atoms with E-state index in [4.69, 9.17) is 0 Å². The molecule has 0 N–H and O–H groups in total. The molecular weight excluding hydrogens is 263 g/mol. The van der Waals surface area contributed by atoms with E-state index in [0.29, 0.717) is 6.07 Å². The number of rotatable bonds is 1. The number of alkyl halides is 3. The van der Waals surface area contributed by atoms with Gasteiger partial charge in [-0.2, -0.15) is 13.2 Å². The molecule has 0 aromatic heterocycles. The van der Waals surface area contributed by atoms with Gasteiger partial charge in [0.25, 0.3) is 0 Å². The minimum Gasteiger partial charge on any atom is -0.207 e. The van der Waals surface area contributed by atoms with E-state index in [-0.39, 0.29) is 16.7 Å². The van der Waals surface area contributed by atoms with Crippen molar-refractivity contribution in [2.24, 2.45) is 0 Å². The fourth-order valence-electron chi connectivity index (χ4n) is 1.83. The molecule has 0 amide bonds. The van der Waals surface area contributed by atoms with Crippen molar-refractivity contribution in [3.8, 4) is 11.1 Å². The summed E-state index contributed by atoms with van der Waals surface area (Å²) < 4.78 is 64.4. The summed E-state index contributed by atoms with van der Waals surface area (Å²) >= 11 is 0. The van der Waals surface area contributed by atoms with Gasteiger partial charge in [0.15, 0.2) is 0 Å². The molecule has 0 saturated carbocycles. The lowest BCUT2D eigenvalue weighted by Gasteiger charge is -2.12. The van der Waals surface area contributed by atoms with Crippen molar-refractivity contribution < 1.29 is 22.0 Å². The predicted octanol–water partition coefficient (Wildman–Crippen LogP) is 4.96. The van der Waals surface area contributed by atoms with E-state index in [1.165, 1.54) is 19.1 Å². The molecule has 100 valence electrons. The van der Waals surface area contributed by atoms with Gasteiger partial charge in [0, 0.05) is 6.07 Å². The SMILES string of the molecule is Cc1ccc(-c2cc(F)cc(F)c2)cc1C(F)(F)F. The second-order valence-electron chi connectivity index (χ2n) is 4.19. The highest BCUT2D eigenvalue weighted by Gasteiger charge is 2.32. The number of aryl methyl sites for hydroxylation is 1. The standard InChI is InChI=1S/C14H9F5/c1-8-2-3-9(6-13(8)14(17,18)19)10-4-11(15)7-12(16)5-10/h2-7H,1H3. The molecule has 2 rings (SSSR count). The van der Waals surface area contributed by atoms with Crippen LogP contribution >= 0.6 is 0 Å². The van der Waals surface area contributed by atoms with Crippen molar-refractivity contribution in [3.05, 3.63) is 59.2 Å². The van der Waals surface area contributed by atoms with Gasteiger partial charge in [0.05, 0.1) is 5.56 Å². The normalized spacial score (nSPS) is 11.7. The minimum atomic E-state index is -4.49. The Morgan fingerprint density at radius 3 is 1.89 bits per heavy atom. The lowest BCUT2D eigenvalue weighted by Crippen LogP contribution is -2.07. The molecule has 2 aromatic carbocycles. The Labute approximate surface area is 106 Å². The number of benzene rings is 2. The first-order chi connectivity index (χ1) is 8.77. The highest BCUT2D eigenvalue weighted by Crippen LogP contribution is 2.34. The van der Waals surface area contributed by atoms with E-state index in [2.05, 4.69) is 0 Å². The van der Waals surface area contributed by atoms with E-state index in [1.54, 1.807) is 0 Å². The maximum Gasteiger partial charge on any atom is 0.416 e. The monoisotopic (exact) mass is 272 g/mol. The average molecular weight is 272 g/mol. The van der Waals surface area contributed by atoms with Crippen LogP contribution in [0.15, 0.2) is 36.4 Å². The van der Waals surface area contributed by atoms with Crippen LogP contribution in [0, 0.1) is 18.6 Å². The highest BCUT2D eigenvalue weighted by molar-refractivity contribution is 5.65. The number of hydrogen-bond acceptors (Lipinski definition) is 0. The summed E-state index contributed by atoms with van der Waals surface area (Å²) in [5.41, 5.74) is -0.554. The summed E-state index contributed by atoms with van der Waals surface area (Å²) in [6.07, 6.45) is -4.49. The van der Waals surface area contributed by atoms with Crippen molar-refractivity contribution in [2.75, 3.05) is 0 Å². The predicted molar refractivity (Wildman–Crippen MR) is 61.5 cm³/mol. The number of halogens is 5. The van der Waals surface area contributed by atoms with Crippen molar-refractivity contribution >= 4 is 0 Å². The summed E-state index contributed by atoms with van der Waals surface area (Å²) in [7, 11) is 0. The number of hydrogen-bond donors (Lipinski definition) is 0. The maximum absolute atomic E-state index is 13.1. The summed E-state index contributed by atoms with van der Waals surface area (Å²) in [5, 5.41) is 0. The molecule has 0 spiro atoms. The van der Waals surface area contributed by atoms with E-state index in [9.17, 15) is 22.0 Å². The van der Waals surface area contributed by atoms with Crippen LogP contribution in [0.1, 0.15) is 11.1 Å². The molecule has 0 unspecified atom stereocenters. The van der Waals surface area contributed by atoms with Gasteiger partial charge in [-0.3, -0.25) is 0 Å². The second kappa shape index (κ2) is 4.64. The summed E-state index contributed by atoms with van der Waals surface area (Å²) in [6, 6.07) is 6.23. The Morgan fingerprint density at radius 1 is 0.789 bits per heavy atom. The van der Waals surface area contributed by atoms with Gasteiger partial charge in [-0.15, -0.1) is 0 Å². The summed E-state index contributed by atoms with van der Waals surface area (Å²) in [6.45, 7) is 1.33. The molecule has 0 aliphatic rings. The van der Waals surface area contributed by atoms with Crippen LogP contribution in [0.4, 0.5) is 22.0 Å². The highest BCUT2D eigenvalue weighted by atomic mass is 19.4. The van der Waals surface area contributed by atoms with Gasteiger partial charge >= 0.3 is 6.18 Å². The first-order valence-corrected chi connectivity index (χ1v) is 5.41. The van der Waals surface area contributed by atoms with E-state index in [0.717, 1.165) is 18.2 Å². The molecule has 0 aliphatic carbocycles. The molecule has 0 atom stereocenters. The van der Waals surface area contributed by atoms with E-state index >= 15 is 0 Å². The largest absolute Gasteiger partial charge is 0.416 e. The van der Waals surface area contributed by atoms with Crippen LogP contribution < -0.4 is 0 Å². The smallest absolute Gasteiger partial charge is 0.207 e. The topological polar surface area (TPSA) is 0 Å². The lowest BCUT2D eigenvalue weighted by atomic mass is 9.99. The minimum absolute atomic E-state index is 0.0631. The Kier molecular flexibility index (Phi) is 3.30. The van der Waals surface area contributed by atoms with Crippen LogP contribution in [0.25, 0.3) is 11.1 Å². The quantitative estimate of drug-likeness (QED) is 0.644. The zero-order valence-corrected chi connectivity index (χ0v) is 9.85. The van der Waals surface area contributed by atoms with Crippen LogP contribution in [-0.4, -0.2) is 0 Å². The zero-order chi connectivity index (χ0) is 14.2. The van der Waals surface area contributed by atoms with Crippen LogP contribution in [0.3, 0.4) is 0 Å². The van der Waals surface area contributed by atoms with Gasteiger partial charge in [0.2, 0.25) is 0 Å². The molecular formula is C14H9F5. The first kappa shape index (κ1) is 13.5. The fourth-order valence-corrected chi connectivity index (χ4v) is 1.83. The average Bonchev–Trinajstić information content (AvgIpc) is 2.26. The molecule has 0 heterocycles. The third-order valence-electron chi connectivity index (χ3n) is 2.74. The molecule has 5 heteroatoms. The van der Waals surface area contributed by atoms with Gasteiger partial charge in [0.1, 0.15) is 11.6 Å². The third kappa shape index (κ3) is 2.92. The molecule has 0 aliphatic heterocycles. The summed E-state index contributed by atoms with van der Waals surface area (Å²) in [5.74, 6) is -1.66. The molecule has 0 bridgehead atoms. The van der Waals surface area contributed by atoms with Crippen LogP contribution in [0.2, 0.25) is 0 Å². The van der Waals surface area contributed by atoms with E-state index in [1.807, 2.05) is 0 Å². The molecule has 19 heavy (non-hydrogen) atoms. The van der Waals surface area contributed by atoms with Crippen molar-refractivity contribution in [1.29, 1.82) is 0 Å². The molecule has 0 fully saturated rings. The lowest BCUT2D eigenvalue weighted by molar-refractivity contribution is -0.138. The van der Waals surface area contributed by atoms with Gasteiger partial charge in [-0.1, -0.05) is 12.1 Å². The zero-order valence-electron chi connectivity index (χ0n) is 9.85. The molecule has 0 saturated heterocycles. The summed E-state index contributed by atoms with van der Waals surface area (Å²) in [4.78, 5) is 0. The molecule has 0 radical (unpaired) electrons. The Morgan fingerprint density at radius 2 is 1.37 bits per heavy atom. The Bertz CT molecular complexity index is 593. The molecule has 2 aromatic rings. The molecule has 0 nitrogen and oxygen atoms in total. The first-order valence-electron chi connectivity index (χ1n) is 5.41.